The molecule has 1 heterocycles. The lowest BCUT2D eigenvalue weighted by Gasteiger charge is -2.38. The third-order valence-electron chi connectivity index (χ3n) is 4.63. The van der Waals surface area contributed by atoms with Gasteiger partial charge in [-0.2, -0.15) is 0 Å². The first-order valence-corrected chi connectivity index (χ1v) is 8.68. The van der Waals surface area contributed by atoms with E-state index in [2.05, 4.69) is 5.32 Å². The van der Waals surface area contributed by atoms with E-state index in [1.165, 1.54) is 24.3 Å². The molecule has 0 aliphatic carbocycles. The van der Waals surface area contributed by atoms with E-state index in [1.807, 2.05) is 0 Å². The Morgan fingerprint density at radius 1 is 1.08 bits per heavy atom. The van der Waals surface area contributed by atoms with Crippen LogP contribution < -0.4 is 5.32 Å². The second-order valence-corrected chi connectivity index (χ2v) is 6.72. The number of likely N-dealkylation sites (tertiary alicyclic amines) is 1. The van der Waals surface area contributed by atoms with Gasteiger partial charge < -0.3 is 15.3 Å². The molecule has 0 spiro atoms. The van der Waals surface area contributed by atoms with Gasteiger partial charge in [-0.15, -0.1) is 0 Å². The van der Waals surface area contributed by atoms with Crippen molar-refractivity contribution < 1.29 is 18.7 Å². The molecule has 1 aliphatic heterocycles. The van der Waals surface area contributed by atoms with E-state index in [4.69, 9.17) is 0 Å². The Kier molecular flexibility index (Phi) is 5.64. The van der Waals surface area contributed by atoms with Crippen LogP contribution in [0.1, 0.15) is 24.0 Å². The topological polar surface area (TPSA) is 52.6 Å². The van der Waals surface area contributed by atoms with Crippen molar-refractivity contribution in [3.8, 4) is 0 Å². The zero-order valence-electron chi connectivity index (χ0n) is 14.4. The van der Waals surface area contributed by atoms with Crippen LogP contribution in [0.2, 0.25) is 0 Å². The van der Waals surface area contributed by atoms with Crippen LogP contribution in [0.4, 0.5) is 8.78 Å². The van der Waals surface area contributed by atoms with Crippen LogP contribution in [0.3, 0.4) is 0 Å². The van der Waals surface area contributed by atoms with Gasteiger partial charge in [0.2, 0.25) is 0 Å². The number of aliphatic hydroxyl groups is 1. The Hall–Kier alpha value is -2.31. The average molecular weight is 360 g/mol. The summed E-state index contributed by atoms with van der Waals surface area (Å²) in [4.78, 5) is 14.3. The van der Waals surface area contributed by atoms with E-state index in [0.717, 1.165) is 11.1 Å². The largest absolute Gasteiger partial charge is 0.379 e. The van der Waals surface area contributed by atoms with Gasteiger partial charge in [-0.3, -0.25) is 4.79 Å². The minimum Gasteiger partial charge on any atom is -0.379 e. The Labute approximate surface area is 151 Å². The van der Waals surface area contributed by atoms with Gasteiger partial charge in [-0.25, -0.2) is 8.78 Å². The second-order valence-electron chi connectivity index (χ2n) is 6.72. The summed E-state index contributed by atoms with van der Waals surface area (Å²) in [5.74, 6) is -0.973. The van der Waals surface area contributed by atoms with Crippen LogP contribution in [0, 0.1) is 11.6 Å². The Balaban J connectivity index is 1.59. The monoisotopic (exact) mass is 360 g/mol. The number of hydrogen-bond acceptors (Lipinski definition) is 3. The molecular weight excluding hydrogens is 338 g/mol. The Morgan fingerprint density at radius 2 is 1.85 bits per heavy atom. The number of piperidine rings is 1. The number of halogens is 2. The lowest BCUT2D eigenvalue weighted by molar-refractivity contribution is -0.157. The fourth-order valence-corrected chi connectivity index (χ4v) is 3.25. The number of amides is 1. The van der Waals surface area contributed by atoms with Gasteiger partial charge in [-0.1, -0.05) is 24.3 Å². The minimum atomic E-state index is -1.48. The number of nitrogens with zero attached hydrogens (tertiary/aromatic N) is 1. The van der Waals surface area contributed by atoms with E-state index in [9.17, 15) is 18.7 Å². The first kappa shape index (κ1) is 18.5. The van der Waals surface area contributed by atoms with Crippen LogP contribution in [0.25, 0.3) is 0 Å². The number of carbonyl (C=O) groups excluding carboxylic acids is 1. The quantitative estimate of drug-likeness (QED) is 0.833. The highest BCUT2D eigenvalue weighted by molar-refractivity contribution is 5.86. The van der Waals surface area contributed by atoms with Crippen LogP contribution >= 0.6 is 0 Å². The van der Waals surface area contributed by atoms with Gasteiger partial charge in [0.25, 0.3) is 5.91 Å². The second kappa shape index (κ2) is 7.93. The van der Waals surface area contributed by atoms with Crippen molar-refractivity contribution >= 4 is 5.91 Å². The van der Waals surface area contributed by atoms with Gasteiger partial charge in [0.1, 0.15) is 11.6 Å². The molecule has 1 fully saturated rings. The van der Waals surface area contributed by atoms with Crippen molar-refractivity contribution in [1.82, 2.24) is 10.2 Å². The summed E-state index contributed by atoms with van der Waals surface area (Å²) in [6.45, 7) is 1.36. The van der Waals surface area contributed by atoms with Crippen LogP contribution in [0.5, 0.6) is 0 Å². The molecular formula is C20H22F2N2O2. The van der Waals surface area contributed by atoms with Crippen molar-refractivity contribution in [2.45, 2.75) is 31.5 Å². The number of benzene rings is 2. The summed E-state index contributed by atoms with van der Waals surface area (Å²) in [7, 11) is 0. The maximum atomic E-state index is 13.2. The van der Waals surface area contributed by atoms with Gasteiger partial charge in [-0.05, 0) is 48.2 Å². The summed E-state index contributed by atoms with van der Waals surface area (Å²) in [5, 5.41) is 13.8. The highest BCUT2D eigenvalue weighted by Crippen LogP contribution is 2.24. The Bertz CT molecular complexity index is 767. The van der Waals surface area contributed by atoms with E-state index >= 15 is 0 Å². The molecule has 0 saturated carbocycles. The first-order chi connectivity index (χ1) is 12.5. The normalized spacial score (nSPS) is 20.4. The smallest absolute Gasteiger partial charge is 0.256 e. The van der Waals surface area contributed by atoms with E-state index in [-0.39, 0.29) is 24.1 Å². The third-order valence-corrected chi connectivity index (χ3v) is 4.63. The molecule has 0 aromatic heterocycles. The van der Waals surface area contributed by atoms with Crippen molar-refractivity contribution in [3.05, 3.63) is 71.3 Å². The van der Waals surface area contributed by atoms with Gasteiger partial charge >= 0.3 is 0 Å². The predicted octanol–water partition coefficient (Wildman–Crippen LogP) is 2.61. The van der Waals surface area contributed by atoms with Gasteiger partial charge in [0, 0.05) is 26.2 Å². The molecule has 1 saturated heterocycles. The van der Waals surface area contributed by atoms with E-state index in [1.54, 1.807) is 29.2 Å². The molecule has 2 aromatic rings. The zero-order chi connectivity index (χ0) is 18.6. The standard InChI is InChI=1S/C20H22F2N2O2/c21-17-7-5-15(6-8-17)13-24-10-2-9-20(26,19(24)25)14-23-12-16-3-1-4-18(22)11-16/h1,3-8,11,23,26H,2,9-10,12-14H2/t20-/m0/s1. The highest BCUT2D eigenvalue weighted by Gasteiger charge is 2.41. The molecule has 0 radical (unpaired) electrons. The summed E-state index contributed by atoms with van der Waals surface area (Å²) in [5.41, 5.74) is 0.0859. The van der Waals surface area contributed by atoms with Gasteiger partial charge in [0.15, 0.2) is 5.60 Å². The van der Waals surface area contributed by atoms with Crippen LogP contribution in [0.15, 0.2) is 48.5 Å². The molecule has 4 nitrogen and oxygen atoms in total. The molecule has 138 valence electrons. The fourth-order valence-electron chi connectivity index (χ4n) is 3.25. The lowest BCUT2D eigenvalue weighted by atomic mass is 9.91. The van der Waals surface area contributed by atoms with Crippen LogP contribution in [-0.2, 0) is 17.9 Å². The summed E-state index contributed by atoms with van der Waals surface area (Å²) in [6, 6.07) is 12.2. The zero-order valence-corrected chi connectivity index (χ0v) is 14.4. The van der Waals surface area contributed by atoms with E-state index < -0.39 is 5.60 Å². The number of carbonyl (C=O) groups is 1. The molecule has 0 unspecified atom stereocenters. The number of hydrogen-bond donors (Lipinski definition) is 2. The first-order valence-electron chi connectivity index (χ1n) is 8.68. The Morgan fingerprint density at radius 3 is 2.58 bits per heavy atom. The van der Waals surface area contributed by atoms with E-state index in [0.29, 0.717) is 32.5 Å². The SMILES string of the molecule is O=C1N(Cc2ccc(F)cc2)CCC[C@]1(O)CNCc1cccc(F)c1. The lowest BCUT2D eigenvalue weighted by Crippen LogP contribution is -2.57. The maximum Gasteiger partial charge on any atom is 0.256 e. The summed E-state index contributed by atoms with van der Waals surface area (Å²) in [6.07, 6.45) is 1.06. The molecule has 6 heteroatoms. The van der Waals surface area contributed by atoms with Crippen molar-refractivity contribution in [3.63, 3.8) is 0 Å². The molecule has 1 aliphatic rings. The van der Waals surface area contributed by atoms with Gasteiger partial charge in [0.05, 0.1) is 0 Å². The van der Waals surface area contributed by atoms with Crippen molar-refractivity contribution in [2.75, 3.05) is 13.1 Å². The summed E-state index contributed by atoms with van der Waals surface area (Å²) < 4.78 is 26.2. The van der Waals surface area contributed by atoms with Crippen LogP contribution in [-0.4, -0.2) is 34.6 Å². The fraction of sp³-hybridized carbons (Fsp3) is 0.350. The number of rotatable bonds is 6. The minimum absolute atomic E-state index is 0.0995. The average Bonchev–Trinajstić information content (AvgIpc) is 2.61. The molecule has 1 atom stereocenters. The molecule has 26 heavy (non-hydrogen) atoms. The summed E-state index contributed by atoms with van der Waals surface area (Å²) >= 11 is 0. The molecule has 2 aromatic carbocycles. The van der Waals surface area contributed by atoms with Crippen molar-refractivity contribution in [2.24, 2.45) is 0 Å². The third kappa shape index (κ3) is 4.45. The molecule has 2 N–H and O–H groups in total. The highest BCUT2D eigenvalue weighted by atomic mass is 19.1. The maximum absolute atomic E-state index is 13.2. The molecule has 0 bridgehead atoms. The van der Waals surface area contributed by atoms with Crippen molar-refractivity contribution in [1.29, 1.82) is 0 Å². The predicted molar refractivity (Wildman–Crippen MR) is 94.1 cm³/mol. The molecule has 1 amide bonds. The number of nitrogens with one attached hydrogen (secondary N) is 1. The molecule has 3 rings (SSSR count).